The smallest absolute Gasteiger partial charge is 0.276 e. The van der Waals surface area contributed by atoms with Crippen LogP contribution in [-0.4, -0.2) is 38.5 Å². The van der Waals surface area contributed by atoms with Crippen molar-refractivity contribution in [3.05, 3.63) is 94.9 Å². The molecule has 172 valence electrons. The van der Waals surface area contributed by atoms with E-state index >= 15 is 0 Å². The number of hydrogen-bond acceptors (Lipinski definition) is 6. The zero-order valence-electron chi connectivity index (χ0n) is 17.9. The van der Waals surface area contributed by atoms with E-state index in [1.807, 2.05) is 0 Å². The zero-order chi connectivity index (χ0) is 24.1. The largest absolute Gasteiger partial charge is 0.497 e. The predicted octanol–water partition coefficient (Wildman–Crippen LogP) is 2.47. The lowest BCUT2D eigenvalue weighted by Gasteiger charge is -2.07. The normalized spacial score (nSPS) is 10.5. The van der Waals surface area contributed by atoms with Crippen LogP contribution in [0, 0.1) is 5.82 Å². The van der Waals surface area contributed by atoms with Gasteiger partial charge in [0.05, 0.1) is 24.7 Å². The number of hydrogen-bond donors (Lipinski definition) is 2. The van der Waals surface area contributed by atoms with Crippen molar-refractivity contribution in [1.29, 1.82) is 0 Å². The quantitative estimate of drug-likeness (QED) is 0.435. The minimum atomic E-state index is -0.585. The number of rotatable bonds is 7. The Morgan fingerprint density at radius 1 is 0.971 bits per heavy atom. The van der Waals surface area contributed by atoms with Crippen LogP contribution in [0.15, 0.2) is 77.9 Å². The van der Waals surface area contributed by atoms with Gasteiger partial charge in [0.1, 0.15) is 23.8 Å². The van der Waals surface area contributed by atoms with Gasteiger partial charge in [0.2, 0.25) is 5.91 Å². The van der Waals surface area contributed by atoms with Crippen LogP contribution in [0.1, 0.15) is 10.5 Å². The van der Waals surface area contributed by atoms with Gasteiger partial charge in [-0.15, -0.1) is 0 Å². The number of methoxy groups -OCH3 is 1. The highest BCUT2D eigenvalue weighted by Crippen LogP contribution is 2.15. The van der Waals surface area contributed by atoms with Crippen molar-refractivity contribution >= 4 is 23.2 Å². The van der Waals surface area contributed by atoms with Crippen LogP contribution < -0.4 is 20.9 Å². The van der Waals surface area contributed by atoms with E-state index in [0.717, 1.165) is 4.68 Å². The molecule has 2 N–H and O–H groups in total. The first-order chi connectivity index (χ1) is 16.4. The molecule has 2 aromatic heterocycles. The van der Waals surface area contributed by atoms with Gasteiger partial charge in [-0.2, -0.15) is 14.9 Å². The molecule has 0 atom stereocenters. The Kier molecular flexibility index (Phi) is 6.44. The molecule has 0 fully saturated rings. The summed E-state index contributed by atoms with van der Waals surface area (Å²) in [5.74, 6) is -0.675. The second-order valence-corrected chi connectivity index (χ2v) is 7.10. The topological polar surface area (TPSA) is 120 Å². The molecule has 0 aliphatic carbocycles. The van der Waals surface area contributed by atoms with Gasteiger partial charge >= 0.3 is 0 Å². The molecule has 2 aromatic carbocycles. The van der Waals surface area contributed by atoms with Crippen LogP contribution in [0.25, 0.3) is 5.69 Å². The lowest BCUT2D eigenvalue weighted by Crippen LogP contribution is -2.24. The zero-order valence-corrected chi connectivity index (χ0v) is 17.9. The first kappa shape index (κ1) is 22.4. The van der Waals surface area contributed by atoms with Crippen molar-refractivity contribution in [3.8, 4) is 11.4 Å². The minimum Gasteiger partial charge on any atom is -0.497 e. The van der Waals surface area contributed by atoms with E-state index in [9.17, 15) is 18.8 Å². The molecule has 11 heteroatoms. The molecule has 4 rings (SSSR count). The number of anilines is 2. The molecule has 10 nitrogen and oxygen atoms in total. The fraction of sp³-hybridized carbons (Fsp3) is 0.0870. The predicted molar refractivity (Wildman–Crippen MR) is 122 cm³/mol. The van der Waals surface area contributed by atoms with Crippen LogP contribution in [0.2, 0.25) is 0 Å². The van der Waals surface area contributed by atoms with Crippen LogP contribution in [0.4, 0.5) is 15.8 Å². The molecule has 0 spiro atoms. The molecule has 4 aromatic rings. The van der Waals surface area contributed by atoms with Gasteiger partial charge in [-0.3, -0.25) is 19.1 Å². The Morgan fingerprint density at radius 2 is 1.71 bits per heavy atom. The van der Waals surface area contributed by atoms with Crippen LogP contribution in [0.3, 0.4) is 0 Å². The van der Waals surface area contributed by atoms with Gasteiger partial charge in [-0.1, -0.05) is 0 Å². The highest BCUT2D eigenvalue weighted by atomic mass is 19.1. The second-order valence-electron chi connectivity index (χ2n) is 7.10. The summed E-state index contributed by atoms with van der Waals surface area (Å²) in [5.41, 5.74) is 0.752. The van der Waals surface area contributed by atoms with Gasteiger partial charge in [0.15, 0.2) is 0 Å². The summed E-state index contributed by atoms with van der Waals surface area (Å²) in [6.45, 7) is -0.0738. The maximum Gasteiger partial charge on any atom is 0.276 e. The van der Waals surface area contributed by atoms with Gasteiger partial charge in [-0.25, -0.2) is 4.39 Å². The first-order valence-corrected chi connectivity index (χ1v) is 10.1. The molecular weight excluding hydrogens is 443 g/mol. The number of halogens is 1. The van der Waals surface area contributed by atoms with Crippen molar-refractivity contribution in [2.75, 3.05) is 17.7 Å². The van der Waals surface area contributed by atoms with Gasteiger partial charge in [0.25, 0.3) is 11.5 Å². The third-order valence-electron chi connectivity index (χ3n) is 4.67. The number of aromatic nitrogens is 4. The number of carbonyl (C=O) groups is 2. The average Bonchev–Trinajstić information content (AvgIpc) is 3.26. The van der Waals surface area contributed by atoms with Gasteiger partial charge in [-0.05, 0) is 54.6 Å². The third-order valence-corrected chi connectivity index (χ3v) is 4.67. The minimum absolute atomic E-state index is 0.0334. The molecular formula is C23H19FN6O4. The van der Waals surface area contributed by atoms with E-state index in [4.69, 9.17) is 4.74 Å². The summed E-state index contributed by atoms with van der Waals surface area (Å²) < 4.78 is 20.6. The Labute approximate surface area is 192 Å². The second kappa shape index (κ2) is 9.77. The number of benzene rings is 2. The standard InChI is InChI=1S/C23H19FN6O4/c1-34-19-8-4-16(5-9-19)26-21(31)14-29-13-17(12-25-29)27-23(33)20-10-11-22(32)30(28-20)18-6-2-15(24)3-7-18/h2-13H,14H2,1H3,(H,26,31)(H,27,33). The fourth-order valence-electron chi connectivity index (χ4n) is 3.03. The number of nitrogens with zero attached hydrogens (tertiary/aromatic N) is 4. The van der Waals surface area contributed by atoms with Crippen molar-refractivity contribution in [1.82, 2.24) is 19.6 Å². The van der Waals surface area contributed by atoms with Crippen molar-refractivity contribution in [2.24, 2.45) is 0 Å². The van der Waals surface area contributed by atoms with Crippen LogP contribution in [-0.2, 0) is 11.3 Å². The number of amides is 2. The summed E-state index contributed by atoms with van der Waals surface area (Å²) in [4.78, 5) is 37.0. The summed E-state index contributed by atoms with van der Waals surface area (Å²) in [7, 11) is 1.56. The van der Waals surface area contributed by atoms with Gasteiger partial charge in [0, 0.05) is 18.0 Å². The van der Waals surface area contributed by atoms with Crippen molar-refractivity contribution < 1.29 is 18.7 Å². The van der Waals surface area contributed by atoms with E-state index in [1.54, 1.807) is 31.4 Å². The Bertz CT molecular complexity index is 1380. The molecule has 34 heavy (non-hydrogen) atoms. The molecule has 0 radical (unpaired) electrons. The lowest BCUT2D eigenvalue weighted by molar-refractivity contribution is -0.116. The first-order valence-electron chi connectivity index (χ1n) is 10.1. The molecule has 0 saturated heterocycles. The average molecular weight is 462 g/mol. The Hall–Kier alpha value is -4.80. The summed E-state index contributed by atoms with van der Waals surface area (Å²) >= 11 is 0. The highest BCUT2D eigenvalue weighted by Gasteiger charge is 2.13. The maximum absolute atomic E-state index is 13.2. The van der Waals surface area contributed by atoms with E-state index < -0.39 is 17.3 Å². The Morgan fingerprint density at radius 3 is 2.41 bits per heavy atom. The molecule has 0 bridgehead atoms. The van der Waals surface area contributed by atoms with E-state index in [0.29, 0.717) is 22.8 Å². The maximum atomic E-state index is 13.2. The molecule has 2 amide bonds. The molecule has 2 heterocycles. The van der Waals surface area contributed by atoms with Crippen molar-refractivity contribution in [3.63, 3.8) is 0 Å². The van der Waals surface area contributed by atoms with E-state index in [2.05, 4.69) is 20.8 Å². The molecule has 0 saturated carbocycles. The van der Waals surface area contributed by atoms with Gasteiger partial charge < -0.3 is 15.4 Å². The summed E-state index contributed by atoms with van der Waals surface area (Å²) in [5, 5.41) is 13.5. The van der Waals surface area contributed by atoms with E-state index in [-0.39, 0.29) is 18.1 Å². The lowest BCUT2D eigenvalue weighted by atomic mass is 10.3. The molecule has 0 unspecified atom stereocenters. The van der Waals surface area contributed by atoms with Crippen molar-refractivity contribution in [2.45, 2.75) is 6.54 Å². The van der Waals surface area contributed by atoms with E-state index in [1.165, 1.54) is 53.5 Å². The highest BCUT2D eigenvalue weighted by molar-refractivity contribution is 6.02. The summed E-state index contributed by atoms with van der Waals surface area (Å²) in [6.07, 6.45) is 2.87. The number of nitrogens with one attached hydrogen (secondary N) is 2. The number of carbonyl (C=O) groups excluding carboxylic acids is 2. The number of ether oxygens (including phenoxy) is 1. The monoisotopic (exact) mass is 462 g/mol. The summed E-state index contributed by atoms with van der Waals surface area (Å²) in [6, 6.07) is 14.5. The third kappa shape index (κ3) is 5.33. The van der Waals surface area contributed by atoms with Crippen LogP contribution in [0.5, 0.6) is 5.75 Å². The Balaban J connectivity index is 1.40. The van der Waals surface area contributed by atoms with Crippen LogP contribution >= 0.6 is 0 Å². The molecule has 0 aliphatic rings. The SMILES string of the molecule is COc1ccc(NC(=O)Cn2cc(NC(=O)c3ccc(=O)n(-c4ccc(F)cc4)n3)cn2)cc1. The molecule has 0 aliphatic heterocycles. The fourth-order valence-corrected chi connectivity index (χ4v) is 3.03.